The molecule has 7 nitrogen and oxygen atoms in total. The number of nitrogens with zero attached hydrogens (tertiary/aromatic N) is 2. The summed E-state index contributed by atoms with van der Waals surface area (Å²) in [5.74, 6) is 1.16. The Kier molecular flexibility index (Phi) is 5.63. The number of carbonyl (C=O) groups is 2. The highest BCUT2D eigenvalue weighted by atomic mass is 16.5. The zero-order valence-electron chi connectivity index (χ0n) is 21.1. The molecule has 2 aliphatic heterocycles. The van der Waals surface area contributed by atoms with Gasteiger partial charge in [0.05, 0.1) is 20.3 Å². The molecule has 37 heavy (non-hydrogen) atoms. The third-order valence-electron chi connectivity index (χ3n) is 7.77. The summed E-state index contributed by atoms with van der Waals surface area (Å²) < 4.78 is 11.3. The maximum Gasteiger partial charge on any atom is 0.246 e. The van der Waals surface area contributed by atoms with E-state index >= 15 is 0 Å². The summed E-state index contributed by atoms with van der Waals surface area (Å²) >= 11 is 0. The van der Waals surface area contributed by atoms with Crippen molar-refractivity contribution in [3.63, 3.8) is 0 Å². The molecule has 0 radical (unpaired) electrons. The maximum absolute atomic E-state index is 14.1. The summed E-state index contributed by atoms with van der Waals surface area (Å²) in [7, 11) is 3.23. The second kappa shape index (κ2) is 9.00. The first-order chi connectivity index (χ1) is 18.0. The van der Waals surface area contributed by atoms with Crippen LogP contribution in [0.4, 0.5) is 0 Å². The number of amides is 2. The molecule has 0 spiro atoms. The summed E-state index contributed by atoms with van der Waals surface area (Å²) in [5, 5.41) is 1.07. The van der Waals surface area contributed by atoms with Gasteiger partial charge in [-0.15, -0.1) is 0 Å². The van der Waals surface area contributed by atoms with Crippen LogP contribution in [0, 0.1) is 0 Å². The lowest BCUT2D eigenvalue weighted by atomic mass is 9.85. The van der Waals surface area contributed by atoms with Crippen molar-refractivity contribution < 1.29 is 19.1 Å². The van der Waals surface area contributed by atoms with Crippen molar-refractivity contribution in [2.24, 2.45) is 0 Å². The predicted molar refractivity (Wildman–Crippen MR) is 141 cm³/mol. The number of aromatic amines is 1. The molecular formula is C30H29N3O4. The van der Waals surface area contributed by atoms with Gasteiger partial charge in [0.2, 0.25) is 11.8 Å². The van der Waals surface area contributed by atoms with Crippen LogP contribution in [0.5, 0.6) is 11.5 Å². The van der Waals surface area contributed by atoms with Crippen LogP contribution in [0.1, 0.15) is 41.4 Å². The van der Waals surface area contributed by atoms with Gasteiger partial charge in [0.1, 0.15) is 30.1 Å². The number of benzene rings is 3. The number of nitrogens with one attached hydrogen (secondary N) is 1. The first kappa shape index (κ1) is 23.2. The van der Waals surface area contributed by atoms with Gasteiger partial charge in [-0.1, -0.05) is 48.5 Å². The van der Waals surface area contributed by atoms with Gasteiger partial charge in [-0.05, 0) is 42.3 Å². The number of aromatic nitrogens is 1. The Labute approximate surface area is 215 Å². The monoisotopic (exact) mass is 495 g/mol. The van der Waals surface area contributed by atoms with Gasteiger partial charge in [-0.2, -0.15) is 0 Å². The fourth-order valence-electron chi connectivity index (χ4n) is 5.90. The summed E-state index contributed by atoms with van der Waals surface area (Å²) in [6.07, 6.45) is 0.449. The summed E-state index contributed by atoms with van der Waals surface area (Å²) in [6.45, 7) is 2.00. The lowest BCUT2D eigenvalue weighted by molar-refractivity contribution is -0.160. The molecular weight excluding hydrogens is 466 g/mol. The molecule has 3 atom stereocenters. The average Bonchev–Trinajstić information content (AvgIpc) is 3.32. The van der Waals surface area contributed by atoms with E-state index in [9.17, 15) is 9.59 Å². The highest BCUT2D eigenvalue weighted by Gasteiger charge is 2.49. The molecule has 7 heteroatoms. The fraction of sp³-hybridized carbons (Fsp3) is 0.267. The van der Waals surface area contributed by atoms with Crippen LogP contribution in [-0.2, 0) is 16.0 Å². The van der Waals surface area contributed by atoms with E-state index < -0.39 is 12.1 Å². The number of para-hydroxylation sites is 1. The van der Waals surface area contributed by atoms with Crippen molar-refractivity contribution in [3.8, 4) is 11.5 Å². The molecule has 1 N–H and O–H groups in total. The Morgan fingerprint density at radius 1 is 0.946 bits per heavy atom. The van der Waals surface area contributed by atoms with Gasteiger partial charge >= 0.3 is 0 Å². The first-order valence-corrected chi connectivity index (χ1v) is 12.5. The molecule has 3 heterocycles. The van der Waals surface area contributed by atoms with Crippen molar-refractivity contribution in [2.75, 3.05) is 20.8 Å². The third kappa shape index (κ3) is 3.65. The largest absolute Gasteiger partial charge is 0.497 e. The Bertz CT molecular complexity index is 1500. The van der Waals surface area contributed by atoms with Crippen molar-refractivity contribution in [3.05, 3.63) is 95.2 Å². The SMILES string of the molecule is COc1ccc(OC)c([C@@H]2c3[nH]c4ccccc4c3C[C@H]3C(=O)N([C@H](C)c4ccccc4)CC(=O)N23)c1. The van der Waals surface area contributed by atoms with Crippen LogP contribution in [0.3, 0.4) is 0 Å². The standard InChI is InChI=1S/C30H29N3O4/c1-18(19-9-5-4-6-10-19)32-17-27(34)33-25(30(32)35)16-22-21-11-7-8-12-24(21)31-28(22)29(33)23-15-20(36-2)13-14-26(23)37-3/h4-15,18,25,29,31H,16-17H2,1-3H3/t18-,25+,29-/m1/s1. The molecule has 1 fully saturated rings. The fourth-order valence-corrected chi connectivity index (χ4v) is 5.90. The van der Waals surface area contributed by atoms with Crippen molar-refractivity contribution >= 4 is 22.7 Å². The van der Waals surface area contributed by atoms with Gasteiger partial charge in [-0.25, -0.2) is 0 Å². The van der Waals surface area contributed by atoms with Crippen LogP contribution in [0.25, 0.3) is 10.9 Å². The minimum atomic E-state index is -0.625. The van der Waals surface area contributed by atoms with Crippen molar-refractivity contribution in [2.45, 2.75) is 31.5 Å². The summed E-state index contributed by atoms with van der Waals surface area (Å²) in [6, 6.07) is 22.2. The quantitative estimate of drug-likeness (QED) is 0.438. The maximum atomic E-state index is 14.1. The molecule has 188 valence electrons. The lowest BCUT2D eigenvalue weighted by Crippen LogP contribution is -2.63. The van der Waals surface area contributed by atoms with Crippen LogP contribution >= 0.6 is 0 Å². The number of methoxy groups -OCH3 is 2. The molecule has 3 aromatic carbocycles. The van der Waals surface area contributed by atoms with Crippen molar-refractivity contribution in [1.82, 2.24) is 14.8 Å². The second-order valence-corrected chi connectivity index (χ2v) is 9.65. The molecule has 2 amide bonds. The number of carbonyl (C=O) groups excluding carboxylic acids is 2. The first-order valence-electron chi connectivity index (χ1n) is 12.5. The number of hydrogen-bond donors (Lipinski definition) is 1. The van der Waals surface area contributed by atoms with E-state index in [1.54, 1.807) is 24.0 Å². The van der Waals surface area contributed by atoms with Crippen LogP contribution in [0.15, 0.2) is 72.8 Å². The Morgan fingerprint density at radius 3 is 2.46 bits per heavy atom. The van der Waals surface area contributed by atoms with Gasteiger partial charge in [0.15, 0.2) is 0 Å². The van der Waals surface area contributed by atoms with Crippen LogP contribution < -0.4 is 9.47 Å². The minimum absolute atomic E-state index is 0.0176. The smallest absolute Gasteiger partial charge is 0.246 e. The molecule has 0 unspecified atom stereocenters. The molecule has 1 saturated heterocycles. The third-order valence-corrected chi connectivity index (χ3v) is 7.77. The molecule has 1 aromatic heterocycles. The molecule has 4 aromatic rings. The van der Waals surface area contributed by atoms with E-state index in [2.05, 4.69) is 11.1 Å². The number of hydrogen-bond acceptors (Lipinski definition) is 4. The molecule has 0 saturated carbocycles. The van der Waals surface area contributed by atoms with E-state index in [0.717, 1.165) is 33.3 Å². The highest BCUT2D eigenvalue weighted by molar-refractivity contribution is 5.98. The predicted octanol–water partition coefficient (Wildman–Crippen LogP) is 4.63. The van der Waals surface area contributed by atoms with E-state index in [0.29, 0.717) is 17.9 Å². The lowest BCUT2D eigenvalue weighted by Gasteiger charge is -2.48. The Hall–Kier alpha value is -4.26. The van der Waals surface area contributed by atoms with Gasteiger partial charge in [0, 0.05) is 28.6 Å². The van der Waals surface area contributed by atoms with Crippen LogP contribution in [-0.4, -0.2) is 53.4 Å². The average molecular weight is 496 g/mol. The zero-order chi connectivity index (χ0) is 25.7. The van der Waals surface area contributed by atoms with Gasteiger partial charge in [0.25, 0.3) is 0 Å². The second-order valence-electron chi connectivity index (χ2n) is 9.65. The molecule has 2 aliphatic rings. The summed E-state index contributed by atoms with van der Waals surface area (Å²) in [4.78, 5) is 35.1. The number of piperazine rings is 1. The summed E-state index contributed by atoms with van der Waals surface area (Å²) in [5.41, 5.74) is 4.74. The normalized spacial score (nSPS) is 20.0. The molecule has 0 bridgehead atoms. The number of H-pyrrole nitrogens is 1. The number of ether oxygens (including phenoxy) is 2. The van der Waals surface area contributed by atoms with E-state index in [1.807, 2.05) is 73.7 Å². The highest BCUT2D eigenvalue weighted by Crippen LogP contribution is 2.46. The van der Waals surface area contributed by atoms with E-state index in [1.165, 1.54) is 0 Å². The molecule has 0 aliphatic carbocycles. The Morgan fingerprint density at radius 2 is 1.70 bits per heavy atom. The van der Waals surface area contributed by atoms with Gasteiger partial charge < -0.3 is 24.3 Å². The van der Waals surface area contributed by atoms with E-state index in [-0.39, 0.29) is 24.4 Å². The zero-order valence-corrected chi connectivity index (χ0v) is 21.1. The van der Waals surface area contributed by atoms with E-state index in [4.69, 9.17) is 9.47 Å². The topological polar surface area (TPSA) is 74.9 Å². The van der Waals surface area contributed by atoms with Gasteiger partial charge in [-0.3, -0.25) is 9.59 Å². The molecule has 6 rings (SSSR count). The number of rotatable bonds is 5. The number of fused-ring (bicyclic) bond motifs is 4. The van der Waals surface area contributed by atoms with Crippen molar-refractivity contribution in [1.29, 1.82) is 0 Å². The minimum Gasteiger partial charge on any atom is -0.497 e. The van der Waals surface area contributed by atoms with Crippen LogP contribution in [0.2, 0.25) is 0 Å². The Balaban J connectivity index is 1.52.